The Morgan fingerprint density at radius 1 is 1.12 bits per heavy atom. The monoisotopic (exact) mass is 228 g/mol. The van der Waals surface area contributed by atoms with Crippen LogP contribution in [0.3, 0.4) is 0 Å². The first-order chi connectivity index (χ1) is 7.35. The molecule has 86 valence electrons. The smallest absolute Gasteiger partial charge is 0.393 e. The highest BCUT2D eigenvalue weighted by Gasteiger charge is 2.29. The van der Waals surface area contributed by atoms with Gasteiger partial charge in [0.05, 0.1) is 6.42 Å². The van der Waals surface area contributed by atoms with Gasteiger partial charge in [-0.2, -0.15) is 13.2 Å². The summed E-state index contributed by atoms with van der Waals surface area (Å²) in [6, 6.07) is 5.10. The van der Waals surface area contributed by atoms with Gasteiger partial charge >= 0.3 is 6.18 Å². The Morgan fingerprint density at radius 2 is 1.81 bits per heavy atom. The maximum atomic E-state index is 12.4. The summed E-state index contributed by atoms with van der Waals surface area (Å²) in [5.41, 5.74) is 1.36. The summed E-state index contributed by atoms with van der Waals surface area (Å²) in [5.74, 6) is 0.629. The summed E-state index contributed by atoms with van der Waals surface area (Å²) in [5, 5.41) is 0.733. The van der Waals surface area contributed by atoms with Crippen LogP contribution in [-0.2, 0) is 6.42 Å². The topological polar surface area (TPSA) is 13.1 Å². The Kier molecular flexibility index (Phi) is 2.45. The summed E-state index contributed by atoms with van der Waals surface area (Å²) in [4.78, 5) is 0. The molecular formula is C12H11F3O. The van der Waals surface area contributed by atoms with Crippen LogP contribution in [0.15, 0.2) is 22.6 Å². The number of fused-ring (bicyclic) bond motifs is 1. The molecule has 4 heteroatoms. The molecule has 0 spiro atoms. The van der Waals surface area contributed by atoms with Crippen molar-refractivity contribution in [1.82, 2.24) is 0 Å². The summed E-state index contributed by atoms with van der Waals surface area (Å²) in [6.07, 6.45) is -5.15. The van der Waals surface area contributed by atoms with E-state index in [4.69, 9.17) is 4.42 Å². The Labute approximate surface area is 90.9 Å². The SMILES string of the molecule is Cc1cc(CC(F)(F)F)c2oc(C)cc2c1. The third-order valence-electron chi connectivity index (χ3n) is 2.35. The lowest BCUT2D eigenvalue weighted by Crippen LogP contribution is -2.11. The van der Waals surface area contributed by atoms with Gasteiger partial charge in [-0.3, -0.25) is 0 Å². The average Bonchev–Trinajstić information content (AvgIpc) is 2.42. The Morgan fingerprint density at radius 3 is 2.44 bits per heavy atom. The number of alkyl halides is 3. The molecule has 0 amide bonds. The van der Waals surface area contributed by atoms with Gasteiger partial charge in [0.2, 0.25) is 0 Å². The van der Waals surface area contributed by atoms with Gasteiger partial charge in [-0.15, -0.1) is 0 Å². The molecule has 0 saturated carbocycles. The van der Waals surface area contributed by atoms with Crippen LogP contribution in [0.2, 0.25) is 0 Å². The van der Waals surface area contributed by atoms with Crippen LogP contribution in [0.5, 0.6) is 0 Å². The molecule has 1 nitrogen and oxygen atoms in total. The first kappa shape index (κ1) is 11.0. The highest BCUT2D eigenvalue weighted by Crippen LogP contribution is 2.29. The first-order valence-electron chi connectivity index (χ1n) is 4.91. The van der Waals surface area contributed by atoms with Gasteiger partial charge in [-0.25, -0.2) is 0 Å². The lowest BCUT2D eigenvalue weighted by atomic mass is 10.1. The number of benzene rings is 1. The average molecular weight is 228 g/mol. The predicted molar refractivity (Wildman–Crippen MR) is 55.4 cm³/mol. The number of halogens is 3. The van der Waals surface area contributed by atoms with Gasteiger partial charge in [0.15, 0.2) is 0 Å². The van der Waals surface area contributed by atoms with Crippen molar-refractivity contribution in [2.45, 2.75) is 26.4 Å². The second-order valence-electron chi connectivity index (χ2n) is 3.99. The molecule has 1 heterocycles. The van der Waals surface area contributed by atoms with Crippen LogP contribution < -0.4 is 0 Å². The number of hydrogen-bond donors (Lipinski definition) is 0. The van der Waals surface area contributed by atoms with Gasteiger partial charge in [-0.05, 0) is 31.5 Å². The normalized spacial score (nSPS) is 12.3. The Bertz CT molecular complexity index is 523. The molecule has 0 radical (unpaired) electrons. The first-order valence-corrected chi connectivity index (χ1v) is 4.91. The highest BCUT2D eigenvalue weighted by molar-refractivity contribution is 5.82. The van der Waals surface area contributed by atoms with Crippen molar-refractivity contribution >= 4 is 11.0 Å². The highest BCUT2D eigenvalue weighted by atomic mass is 19.4. The van der Waals surface area contributed by atoms with E-state index in [9.17, 15) is 13.2 Å². The van der Waals surface area contributed by atoms with Crippen molar-refractivity contribution in [1.29, 1.82) is 0 Å². The van der Waals surface area contributed by atoms with Crippen LogP contribution in [0.4, 0.5) is 13.2 Å². The molecule has 2 rings (SSSR count). The quantitative estimate of drug-likeness (QED) is 0.714. The predicted octanol–water partition coefficient (Wildman–Crippen LogP) is 4.15. The van der Waals surface area contributed by atoms with Gasteiger partial charge < -0.3 is 4.42 Å². The van der Waals surface area contributed by atoms with E-state index < -0.39 is 12.6 Å². The van der Waals surface area contributed by atoms with Crippen LogP contribution >= 0.6 is 0 Å². The lowest BCUT2D eigenvalue weighted by molar-refractivity contribution is -0.127. The van der Waals surface area contributed by atoms with Crippen LogP contribution in [0, 0.1) is 13.8 Å². The molecule has 0 aliphatic carbocycles. The maximum Gasteiger partial charge on any atom is 0.393 e. The van der Waals surface area contributed by atoms with E-state index in [0.29, 0.717) is 11.3 Å². The summed E-state index contributed by atoms with van der Waals surface area (Å²) in [7, 11) is 0. The zero-order chi connectivity index (χ0) is 11.9. The van der Waals surface area contributed by atoms with E-state index >= 15 is 0 Å². The van der Waals surface area contributed by atoms with Crippen molar-refractivity contribution in [2.75, 3.05) is 0 Å². The van der Waals surface area contributed by atoms with E-state index in [1.807, 2.05) is 6.07 Å². The largest absolute Gasteiger partial charge is 0.461 e. The Hall–Kier alpha value is -1.45. The Balaban J connectivity index is 2.58. The third-order valence-corrected chi connectivity index (χ3v) is 2.35. The molecule has 2 aromatic rings. The number of rotatable bonds is 1. The molecule has 0 bridgehead atoms. The molecule has 0 unspecified atom stereocenters. The summed E-state index contributed by atoms with van der Waals surface area (Å²) in [6.45, 7) is 3.51. The molecule has 1 aromatic heterocycles. The number of aryl methyl sites for hydroxylation is 2. The van der Waals surface area contributed by atoms with Gasteiger partial charge in [0.1, 0.15) is 11.3 Å². The fourth-order valence-electron chi connectivity index (χ4n) is 1.87. The van der Waals surface area contributed by atoms with E-state index in [0.717, 1.165) is 10.9 Å². The molecule has 1 aromatic carbocycles. The fraction of sp³-hybridized carbons (Fsp3) is 0.333. The molecular weight excluding hydrogens is 217 g/mol. The van der Waals surface area contributed by atoms with E-state index in [-0.39, 0.29) is 5.56 Å². The van der Waals surface area contributed by atoms with Gasteiger partial charge in [-0.1, -0.05) is 6.07 Å². The second-order valence-corrected chi connectivity index (χ2v) is 3.99. The zero-order valence-corrected chi connectivity index (χ0v) is 8.98. The summed E-state index contributed by atoms with van der Waals surface area (Å²) >= 11 is 0. The molecule has 0 atom stereocenters. The van der Waals surface area contributed by atoms with Gasteiger partial charge in [0, 0.05) is 10.9 Å². The van der Waals surface area contributed by atoms with Crippen molar-refractivity contribution in [2.24, 2.45) is 0 Å². The molecule has 0 aliphatic heterocycles. The maximum absolute atomic E-state index is 12.4. The standard InChI is InChI=1S/C12H11F3O/c1-7-3-9-5-8(2)16-11(9)10(4-7)6-12(13,14)15/h3-5H,6H2,1-2H3. The van der Waals surface area contributed by atoms with E-state index in [2.05, 4.69) is 0 Å². The number of hydrogen-bond acceptors (Lipinski definition) is 1. The third kappa shape index (κ3) is 2.21. The molecule has 0 fully saturated rings. The fourth-order valence-corrected chi connectivity index (χ4v) is 1.87. The molecule has 0 saturated heterocycles. The van der Waals surface area contributed by atoms with Gasteiger partial charge in [0.25, 0.3) is 0 Å². The van der Waals surface area contributed by atoms with Crippen LogP contribution in [0.1, 0.15) is 16.9 Å². The number of furan rings is 1. The lowest BCUT2D eigenvalue weighted by Gasteiger charge is -2.07. The second kappa shape index (κ2) is 3.54. The zero-order valence-electron chi connectivity index (χ0n) is 8.98. The molecule has 0 N–H and O–H groups in total. The van der Waals surface area contributed by atoms with Crippen molar-refractivity contribution < 1.29 is 17.6 Å². The van der Waals surface area contributed by atoms with Crippen molar-refractivity contribution in [3.05, 3.63) is 35.1 Å². The summed E-state index contributed by atoms with van der Waals surface area (Å²) < 4.78 is 42.4. The van der Waals surface area contributed by atoms with Crippen molar-refractivity contribution in [3.63, 3.8) is 0 Å². The minimum Gasteiger partial charge on any atom is -0.461 e. The minimum atomic E-state index is -4.21. The van der Waals surface area contributed by atoms with E-state index in [1.54, 1.807) is 19.9 Å². The molecule has 16 heavy (non-hydrogen) atoms. The van der Waals surface area contributed by atoms with Crippen molar-refractivity contribution in [3.8, 4) is 0 Å². The minimum absolute atomic E-state index is 0.204. The van der Waals surface area contributed by atoms with E-state index in [1.165, 1.54) is 6.07 Å². The molecule has 0 aliphatic rings. The van der Waals surface area contributed by atoms with Crippen LogP contribution in [0.25, 0.3) is 11.0 Å². The van der Waals surface area contributed by atoms with Crippen LogP contribution in [-0.4, -0.2) is 6.18 Å².